The van der Waals surface area contributed by atoms with Crippen LogP contribution in [0, 0.1) is 0 Å². The molecule has 8 heteroatoms. The second kappa shape index (κ2) is 4.09. The van der Waals surface area contributed by atoms with E-state index in [4.69, 9.17) is 5.73 Å². The molecule has 2 aromatic heterocycles. The van der Waals surface area contributed by atoms with Crippen molar-refractivity contribution < 1.29 is 9.42 Å². The first-order valence-electron chi connectivity index (χ1n) is 5.45. The van der Waals surface area contributed by atoms with E-state index in [0.717, 1.165) is 11.0 Å². The van der Waals surface area contributed by atoms with Crippen molar-refractivity contribution in [1.29, 1.82) is 0 Å². The number of benzene rings is 1. The van der Waals surface area contributed by atoms with Gasteiger partial charge in [-0.3, -0.25) is 4.79 Å². The normalized spacial score (nSPS) is 10.8. The van der Waals surface area contributed by atoms with Gasteiger partial charge in [0.05, 0.1) is 17.4 Å². The number of nitrogens with zero attached hydrogens (tertiary/aromatic N) is 4. The maximum absolute atomic E-state index is 11.9. The third kappa shape index (κ3) is 1.88. The van der Waals surface area contributed by atoms with E-state index in [1.807, 2.05) is 23.7 Å². The van der Waals surface area contributed by atoms with Crippen LogP contribution in [0.25, 0.3) is 11.0 Å². The van der Waals surface area contributed by atoms with Gasteiger partial charge in [-0.05, 0) is 28.5 Å². The molecule has 19 heavy (non-hydrogen) atoms. The standard InChI is InChI=1S/C11H10N6O2/c1-17-5-13-7-3-2-6(4-8(7)17)14-11(18)9-10(12)16-19-15-9/h2-5H,1H3,(H2,12,16)(H,14,18). The van der Waals surface area contributed by atoms with E-state index in [0.29, 0.717) is 5.69 Å². The number of hydrogen-bond acceptors (Lipinski definition) is 6. The lowest BCUT2D eigenvalue weighted by Gasteiger charge is -2.03. The summed E-state index contributed by atoms with van der Waals surface area (Å²) < 4.78 is 6.24. The Kier molecular flexibility index (Phi) is 2.41. The fourth-order valence-corrected chi connectivity index (χ4v) is 1.75. The summed E-state index contributed by atoms with van der Waals surface area (Å²) in [5, 5.41) is 9.46. The molecule has 8 nitrogen and oxygen atoms in total. The van der Waals surface area contributed by atoms with E-state index >= 15 is 0 Å². The molecule has 0 aliphatic rings. The Morgan fingerprint density at radius 2 is 2.26 bits per heavy atom. The molecule has 3 aromatic rings. The summed E-state index contributed by atoms with van der Waals surface area (Å²) in [6, 6.07) is 5.37. The first-order chi connectivity index (χ1) is 9.15. The highest BCUT2D eigenvalue weighted by Gasteiger charge is 2.16. The van der Waals surface area contributed by atoms with E-state index in [-0.39, 0.29) is 11.5 Å². The first-order valence-corrected chi connectivity index (χ1v) is 5.45. The highest BCUT2D eigenvalue weighted by Crippen LogP contribution is 2.18. The third-order valence-electron chi connectivity index (χ3n) is 2.71. The summed E-state index contributed by atoms with van der Waals surface area (Å²) in [7, 11) is 1.88. The predicted molar refractivity (Wildman–Crippen MR) is 67.4 cm³/mol. The van der Waals surface area contributed by atoms with Crippen LogP contribution >= 0.6 is 0 Å². The number of aromatic nitrogens is 4. The zero-order chi connectivity index (χ0) is 13.4. The highest BCUT2D eigenvalue weighted by molar-refractivity contribution is 6.06. The summed E-state index contributed by atoms with van der Waals surface area (Å²) in [4.78, 5) is 16.1. The van der Waals surface area contributed by atoms with Crippen LogP contribution in [0.3, 0.4) is 0 Å². The smallest absolute Gasteiger partial charge is 0.281 e. The molecule has 1 amide bonds. The van der Waals surface area contributed by atoms with E-state index in [1.54, 1.807) is 12.4 Å². The molecule has 2 heterocycles. The fourth-order valence-electron chi connectivity index (χ4n) is 1.75. The molecular formula is C11H10N6O2. The van der Waals surface area contributed by atoms with Gasteiger partial charge in [-0.15, -0.1) is 0 Å². The molecule has 3 N–H and O–H groups in total. The minimum Gasteiger partial charge on any atom is -0.379 e. The molecule has 0 saturated carbocycles. The molecule has 0 saturated heterocycles. The summed E-state index contributed by atoms with van der Waals surface area (Å²) >= 11 is 0. The number of amides is 1. The van der Waals surface area contributed by atoms with Crippen LogP contribution in [0.4, 0.5) is 11.5 Å². The van der Waals surface area contributed by atoms with Gasteiger partial charge in [0, 0.05) is 12.7 Å². The van der Waals surface area contributed by atoms with Crippen molar-refractivity contribution in [3.8, 4) is 0 Å². The number of nitrogens with two attached hydrogens (primary N) is 1. The summed E-state index contributed by atoms with van der Waals surface area (Å²) in [6.07, 6.45) is 1.70. The SMILES string of the molecule is Cn1cnc2ccc(NC(=O)c3nonc3N)cc21. The zero-order valence-electron chi connectivity index (χ0n) is 9.99. The van der Waals surface area contributed by atoms with Crippen LogP contribution in [0.2, 0.25) is 0 Å². The Hall–Kier alpha value is -2.90. The molecule has 0 aliphatic carbocycles. The molecular weight excluding hydrogens is 248 g/mol. The van der Waals surface area contributed by atoms with Crippen molar-refractivity contribution in [2.75, 3.05) is 11.1 Å². The number of nitrogen functional groups attached to an aromatic ring is 1. The third-order valence-corrected chi connectivity index (χ3v) is 2.71. The number of nitrogens with one attached hydrogen (secondary N) is 1. The van der Waals surface area contributed by atoms with Gasteiger partial charge in [0.1, 0.15) is 0 Å². The van der Waals surface area contributed by atoms with Crippen molar-refractivity contribution in [3.05, 3.63) is 30.2 Å². The summed E-state index contributed by atoms with van der Waals surface area (Å²) in [5.74, 6) is -0.514. The number of aryl methyl sites for hydroxylation is 1. The van der Waals surface area contributed by atoms with Crippen LogP contribution in [0.15, 0.2) is 29.2 Å². The number of anilines is 2. The molecule has 0 bridgehead atoms. The van der Waals surface area contributed by atoms with Gasteiger partial charge in [-0.2, -0.15) is 0 Å². The van der Waals surface area contributed by atoms with Crippen molar-refractivity contribution in [1.82, 2.24) is 19.9 Å². The number of imidazole rings is 1. The van der Waals surface area contributed by atoms with Crippen molar-refractivity contribution >= 4 is 28.4 Å². The van der Waals surface area contributed by atoms with Crippen molar-refractivity contribution in [3.63, 3.8) is 0 Å². The molecule has 3 rings (SSSR count). The Morgan fingerprint density at radius 1 is 1.42 bits per heavy atom. The van der Waals surface area contributed by atoms with Crippen molar-refractivity contribution in [2.24, 2.45) is 7.05 Å². The monoisotopic (exact) mass is 258 g/mol. The van der Waals surface area contributed by atoms with Gasteiger partial charge in [0.15, 0.2) is 0 Å². The van der Waals surface area contributed by atoms with Gasteiger partial charge in [0.2, 0.25) is 11.5 Å². The maximum Gasteiger partial charge on any atom is 0.281 e. The Labute approximate surface area is 107 Å². The minimum absolute atomic E-state index is 0.0369. The number of carbonyl (C=O) groups excluding carboxylic acids is 1. The van der Waals surface area contributed by atoms with Crippen LogP contribution in [-0.2, 0) is 7.05 Å². The quantitative estimate of drug-likeness (QED) is 0.702. The van der Waals surface area contributed by atoms with Gasteiger partial charge in [0.25, 0.3) is 5.91 Å². The molecule has 0 spiro atoms. The summed E-state index contributed by atoms with van der Waals surface area (Å²) in [6.45, 7) is 0. The van der Waals surface area contributed by atoms with Gasteiger partial charge in [-0.25, -0.2) is 9.61 Å². The van der Waals surface area contributed by atoms with Gasteiger partial charge < -0.3 is 15.6 Å². The summed E-state index contributed by atoms with van der Waals surface area (Å²) in [5.41, 5.74) is 7.78. The Bertz CT molecular complexity index is 759. The largest absolute Gasteiger partial charge is 0.379 e. The highest BCUT2D eigenvalue weighted by atomic mass is 16.6. The minimum atomic E-state index is -0.472. The van der Waals surface area contributed by atoms with Crippen molar-refractivity contribution in [2.45, 2.75) is 0 Å². The molecule has 0 atom stereocenters. The van der Waals surface area contributed by atoms with E-state index in [1.165, 1.54) is 0 Å². The van der Waals surface area contributed by atoms with Crippen LogP contribution in [0.1, 0.15) is 10.5 Å². The maximum atomic E-state index is 11.9. The van der Waals surface area contributed by atoms with Crippen LogP contribution in [0.5, 0.6) is 0 Å². The zero-order valence-corrected chi connectivity index (χ0v) is 9.99. The number of rotatable bonds is 2. The number of hydrogen-bond donors (Lipinski definition) is 2. The second-order valence-corrected chi connectivity index (χ2v) is 4.01. The van der Waals surface area contributed by atoms with Crippen LogP contribution in [-0.4, -0.2) is 25.8 Å². The lowest BCUT2D eigenvalue weighted by atomic mass is 10.2. The van der Waals surface area contributed by atoms with Gasteiger partial charge in [-0.1, -0.05) is 0 Å². The molecule has 1 aromatic carbocycles. The Morgan fingerprint density at radius 3 is 3.00 bits per heavy atom. The topological polar surface area (TPSA) is 112 Å². The van der Waals surface area contributed by atoms with E-state index in [9.17, 15) is 4.79 Å². The Balaban J connectivity index is 1.91. The molecule has 0 aliphatic heterocycles. The molecule has 0 fully saturated rings. The van der Waals surface area contributed by atoms with E-state index in [2.05, 4.69) is 25.2 Å². The number of fused-ring (bicyclic) bond motifs is 1. The van der Waals surface area contributed by atoms with E-state index < -0.39 is 5.91 Å². The molecule has 0 radical (unpaired) electrons. The second-order valence-electron chi connectivity index (χ2n) is 4.01. The average Bonchev–Trinajstić information content (AvgIpc) is 2.97. The number of carbonyl (C=O) groups is 1. The first kappa shape index (κ1) is 11.2. The average molecular weight is 258 g/mol. The molecule has 96 valence electrons. The lowest BCUT2D eigenvalue weighted by molar-refractivity contribution is 0.101. The van der Waals surface area contributed by atoms with Crippen LogP contribution < -0.4 is 11.1 Å². The van der Waals surface area contributed by atoms with Gasteiger partial charge >= 0.3 is 0 Å². The lowest BCUT2D eigenvalue weighted by Crippen LogP contribution is -2.14. The molecule has 0 unspecified atom stereocenters. The predicted octanol–water partition coefficient (Wildman–Crippen LogP) is 0.791. The fraction of sp³-hybridized carbons (Fsp3) is 0.0909.